The predicted octanol–water partition coefficient (Wildman–Crippen LogP) is 4.02. The summed E-state index contributed by atoms with van der Waals surface area (Å²) >= 11 is 0. The number of nitrogens with one attached hydrogen (secondary N) is 1. The van der Waals surface area contributed by atoms with Gasteiger partial charge in [0, 0.05) is 38.3 Å². The quantitative estimate of drug-likeness (QED) is 0.549. The zero-order valence-corrected chi connectivity index (χ0v) is 23.0. The molecular weight excluding hydrogens is 498 g/mol. The minimum atomic E-state index is -1.08. The first-order valence-corrected chi connectivity index (χ1v) is 13.6. The maximum atomic E-state index is 12.9. The molecule has 9 heteroatoms. The van der Waals surface area contributed by atoms with E-state index in [1.54, 1.807) is 17.0 Å². The number of morpholine rings is 1. The highest BCUT2D eigenvalue weighted by Gasteiger charge is 2.35. The van der Waals surface area contributed by atoms with E-state index in [9.17, 15) is 19.5 Å². The van der Waals surface area contributed by atoms with Crippen molar-refractivity contribution in [2.75, 3.05) is 39.4 Å². The SMILES string of the molecule is CC(C)(C)OC(=O)N1CCC(C(NC(=O)c2ccc(-c3ccc(CN4CCOCC4)cc3)cc2)C(=O)O)CC1. The van der Waals surface area contributed by atoms with E-state index in [1.807, 2.05) is 32.9 Å². The number of carboxylic acid groups (broad SMARTS) is 1. The van der Waals surface area contributed by atoms with Gasteiger partial charge in [-0.05, 0) is 68.4 Å². The number of ether oxygens (including phenoxy) is 2. The Hall–Kier alpha value is -3.43. The Balaban J connectivity index is 1.32. The molecule has 2 aromatic carbocycles. The van der Waals surface area contributed by atoms with Crippen molar-refractivity contribution in [3.8, 4) is 11.1 Å². The van der Waals surface area contributed by atoms with E-state index >= 15 is 0 Å². The highest BCUT2D eigenvalue weighted by Crippen LogP contribution is 2.24. The third kappa shape index (κ3) is 8.03. The van der Waals surface area contributed by atoms with Crippen LogP contribution in [0.3, 0.4) is 0 Å². The smallest absolute Gasteiger partial charge is 0.410 e. The molecule has 2 aliphatic heterocycles. The number of aliphatic carboxylic acids is 1. The summed E-state index contributed by atoms with van der Waals surface area (Å²) in [6.45, 7) is 10.5. The molecule has 2 saturated heterocycles. The Kier molecular flexibility index (Phi) is 9.24. The number of hydrogen-bond acceptors (Lipinski definition) is 6. The van der Waals surface area contributed by atoms with Crippen molar-refractivity contribution in [2.45, 2.75) is 51.8 Å². The third-order valence-corrected chi connectivity index (χ3v) is 7.16. The van der Waals surface area contributed by atoms with E-state index in [0.29, 0.717) is 31.5 Å². The number of rotatable bonds is 7. The molecule has 2 fully saturated rings. The van der Waals surface area contributed by atoms with Crippen molar-refractivity contribution in [3.63, 3.8) is 0 Å². The van der Waals surface area contributed by atoms with Crippen molar-refractivity contribution in [1.82, 2.24) is 15.1 Å². The maximum absolute atomic E-state index is 12.9. The van der Waals surface area contributed by atoms with Gasteiger partial charge in [-0.2, -0.15) is 0 Å². The number of piperidine rings is 1. The molecule has 2 amide bonds. The number of likely N-dealkylation sites (tertiary alicyclic amines) is 1. The molecule has 0 aromatic heterocycles. The van der Waals surface area contributed by atoms with Gasteiger partial charge in [-0.25, -0.2) is 9.59 Å². The lowest BCUT2D eigenvalue weighted by atomic mass is 9.89. The van der Waals surface area contributed by atoms with Crippen LogP contribution in [-0.2, 0) is 20.8 Å². The van der Waals surface area contributed by atoms with Crippen LogP contribution in [0.5, 0.6) is 0 Å². The van der Waals surface area contributed by atoms with Crippen LogP contribution in [0.2, 0.25) is 0 Å². The highest BCUT2D eigenvalue weighted by atomic mass is 16.6. The minimum Gasteiger partial charge on any atom is -0.480 e. The Morgan fingerprint density at radius 1 is 0.949 bits per heavy atom. The zero-order chi connectivity index (χ0) is 28.0. The fraction of sp³-hybridized carbons (Fsp3) is 0.500. The van der Waals surface area contributed by atoms with E-state index in [-0.39, 0.29) is 5.92 Å². The molecule has 0 bridgehead atoms. The van der Waals surface area contributed by atoms with Crippen molar-refractivity contribution in [2.24, 2.45) is 5.92 Å². The maximum Gasteiger partial charge on any atom is 0.410 e. The largest absolute Gasteiger partial charge is 0.480 e. The number of carbonyl (C=O) groups excluding carboxylic acids is 2. The Labute approximate surface area is 230 Å². The number of benzene rings is 2. The average molecular weight is 538 g/mol. The van der Waals surface area contributed by atoms with Gasteiger partial charge < -0.3 is 24.8 Å². The molecule has 2 N–H and O–H groups in total. The van der Waals surface area contributed by atoms with Crippen LogP contribution < -0.4 is 5.32 Å². The number of hydrogen-bond donors (Lipinski definition) is 2. The number of carbonyl (C=O) groups is 3. The van der Waals surface area contributed by atoms with E-state index < -0.39 is 29.6 Å². The topological polar surface area (TPSA) is 108 Å². The molecular formula is C30H39N3O6. The number of amides is 2. The monoisotopic (exact) mass is 537 g/mol. The molecule has 2 aromatic rings. The van der Waals surface area contributed by atoms with Gasteiger partial charge in [0.15, 0.2) is 0 Å². The fourth-order valence-electron chi connectivity index (χ4n) is 4.98. The van der Waals surface area contributed by atoms with Crippen LogP contribution >= 0.6 is 0 Å². The molecule has 0 saturated carbocycles. The molecule has 39 heavy (non-hydrogen) atoms. The second-order valence-electron chi connectivity index (χ2n) is 11.3. The van der Waals surface area contributed by atoms with E-state index in [1.165, 1.54) is 5.56 Å². The number of nitrogens with zero attached hydrogens (tertiary/aromatic N) is 2. The summed E-state index contributed by atoms with van der Waals surface area (Å²) in [6.07, 6.45) is 0.539. The first-order valence-electron chi connectivity index (χ1n) is 13.6. The molecule has 2 aliphatic rings. The van der Waals surface area contributed by atoms with Crippen molar-refractivity contribution < 1.29 is 29.0 Å². The lowest BCUT2D eigenvalue weighted by Crippen LogP contribution is -2.50. The summed E-state index contributed by atoms with van der Waals surface area (Å²) < 4.78 is 10.8. The van der Waals surface area contributed by atoms with Crippen molar-refractivity contribution in [3.05, 3.63) is 59.7 Å². The molecule has 0 radical (unpaired) electrons. The molecule has 0 spiro atoms. The Morgan fingerprint density at radius 3 is 2.05 bits per heavy atom. The average Bonchev–Trinajstić information content (AvgIpc) is 2.92. The predicted molar refractivity (Wildman–Crippen MR) is 147 cm³/mol. The zero-order valence-electron chi connectivity index (χ0n) is 23.0. The molecule has 0 aliphatic carbocycles. The normalized spacial score (nSPS) is 17.9. The Morgan fingerprint density at radius 2 is 1.51 bits per heavy atom. The van der Waals surface area contributed by atoms with Gasteiger partial charge >= 0.3 is 12.1 Å². The Bertz CT molecular complexity index is 1130. The van der Waals surface area contributed by atoms with Crippen molar-refractivity contribution in [1.29, 1.82) is 0 Å². The van der Waals surface area contributed by atoms with Crippen LogP contribution in [0, 0.1) is 5.92 Å². The van der Waals surface area contributed by atoms with E-state index in [4.69, 9.17) is 9.47 Å². The standard InChI is InChI=1S/C30H39N3O6/c1-30(2,3)39-29(37)33-14-12-24(13-15-33)26(28(35)36)31-27(34)25-10-8-23(9-11-25)22-6-4-21(5-7-22)20-32-16-18-38-19-17-32/h4-11,24,26H,12-20H2,1-3H3,(H,31,34)(H,35,36). The van der Waals surface area contributed by atoms with E-state index in [2.05, 4.69) is 34.5 Å². The van der Waals surface area contributed by atoms with Crippen LogP contribution in [0.25, 0.3) is 11.1 Å². The molecule has 4 rings (SSSR count). The lowest BCUT2D eigenvalue weighted by molar-refractivity contribution is -0.141. The fourth-order valence-corrected chi connectivity index (χ4v) is 4.98. The van der Waals surface area contributed by atoms with Gasteiger partial charge in [-0.3, -0.25) is 9.69 Å². The molecule has 1 unspecified atom stereocenters. The van der Waals surface area contributed by atoms with Gasteiger partial charge in [-0.15, -0.1) is 0 Å². The van der Waals surface area contributed by atoms with Crippen molar-refractivity contribution >= 4 is 18.0 Å². The highest BCUT2D eigenvalue weighted by molar-refractivity contribution is 5.97. The second-order valence-corrected chi connectivity index (χ2v) is 11.3. The van der Waals surface area contributed by atoms with E-state index in [0.717, 1.165) is 44.0 Å². The summed E-state index contributed by atoms with van der Waals surface area (Å²) in [4.78, 5) is 41.3. The van der Waals surface area contributed by atoms with Crippen LogP contribution in [0.15, 0.2) is 48.5 Å². The van der Waals surface area contributed by atoms with Gasteiger partial charge in [0.1, 0.15) is 11.6 Å². The molecule has 2 heterocycles. The summed E-state index contributed by atoms with van der Waals surface area (Å²) in [5.41, 5.74) is 3.09. The number of carboxylic acids is 1. The first-order chi connectivity index (χ1) is 18.6. The summed E-state index contributed by atoms with van der Waals surface area (Å²) in [7, 11) is 0. The lowest BCUT2D eigenvalue weighted by Gasteiger charge is -2.35. The first kappa shape index (κ1) is 28.6. The molecule has 1 atom stereocenters. The van der Waals surface area contributed by atoms with Crippen LogP contribution in [0.4, 0.5) is 4.79 Å². The second kappa shape index (κ2) is 12.6. The van der Waals surface area contributed by atoms with Gasteiger partial charge in [0.05, 0.1) is 13.2 Å². The summed E-state index contributed by atoms with van der Waals surface area (Å²) in [6, 6.07) is 14.6. The molecule has 210 valence electrons. The minimum absolute atomic E-state index is 0.277. The van der Waals surface area contributed by atoms with Gasteiger partial charge in [-0.1, -0.05) is 36.4 Å². The summed E-state index contributed by atoms with van der Waals surface area (Å²) in [5, 5.41) is 12.5. The van der Waals surface area contributed by atoms with Crippen LogP contribution in [-0.4, -0.2) is 83.9 Å². The van der Waals surface area contributed by atoms with Gasteiger partial charge in [0.25, 0.3) is 5.91 Å². The van der Waals surface area contributed by atoms with Gasteiger partial charge in [0.2, 0.25) is 0 Å². The van der Waals surface area contributed by atoms with Crippen LogP contribution in [0.1, 0.15) is 49.5 Å². The third-order valence-electron chi connectivity index (χ3n) is 7.16. The summed E-state index contributed by atoms with van der Waals surface area (Å²) in [5.74, 6) is -1.78. The molecule has 9 nitrogen and oxygen atoms in total.